The molecule has 0 heterocycles. The third kappa shape index (κ3) is 3.47. The lowest BCUT2D eigenvalue weighted by atomic mass is 10.1. The molecule has 88 valence electrons. The summed E-state index contributed by atoms with van der Waals surface area (Å²) < 4.78 is 0. The SMILES string of the molecule is C[C@@H](C(=O)NCC1CCCC1O)N(C)C. The highest BCUT2D eigenvalue weighted by Crippen LogP contribution is 2.24. The fourth-order valence-corrected chi connectivity index (χ4v) is 1.87. The highest BCUT2D eigenvalue weighted by Gasteiger charge is 2.26. The first kappa shape index (κ1) is 12.5. The normalized spacial score (nSPS) is 28.1. The number of carbonyl (C=O) groups excluding carboxylic acids is 1. The minimum absolute atomic E-state index is 0.0408. The predicted octanol–water partition coefficient (Wildman–Crippen LogP) is 0.214. The zero-order valence-corrected chi connectivity index (χ0v) is 9.86. The Morgan fingerprint density at radius 2 is 2.20 bits per heavy atom. The quantitative estimate of drug-likeness (QED) is 0.703. The van der Waals surface area contributed by atoms with Gasteiger partial charge in [0.05, 0.1) is 12.1 Å². The average Bonchev–Trinajstić information content (AvgIpc) is 2.59. The molecule has 0 radical (unpaired) electrons. The number of amides is 1. The van der Waals surface area contributed by atoms with Crippen molar-refractivity contribution in [3.63, 3.8) is 0 Å². The number of nitrogens with zero attached hydrogens (tertiary/aromatic N) is 1. The van der Waals surface area contributed by atoms with Gasteiger partial charge < -0.3 is 10.4 Å². The molecule has 4 nitrogen and oxygen atoms in total. The van der Waals surface area contributed by atoms with Crippen molar-refractivity contribution >= 4 is 5.91 Å². The third-order valence-corrected chi connectivity index (χ3v) is 3.31. The van der Waals surface area contributed by atoms with Crippen molar-refractivity contribution in [1.82, 2.24) is 10.2 Å². The lowest BCUT2D eigenvalue weighted by Gasteiger charge is -2.21. The van der Waals surface area contributed by atoms with E-state index in [1.165, 1.54) is 0 Å². The molecule has 2 unspecified atom stereocenters. The van der Waals surface area contributed by atoms with Gasteiger partial charge in [-0.1, -0.05) is 6.42 Å². The van der Waals surface area contributed by atoms with E-state index in [9.17, 15) is 9.90 Å². The number of hydrogen-bond acceptors (Lipinski definition) is 3. The Morgan fingerprint density at radius 3 is 2.67 bits per heavy atom. The van der Waals surface area contributed by atoms with E-state index in [1.807, 2.05) is 25.9 Å². The summed E-state index contributed by atoms with van der Waals surface area (Å²) in [6.07, 6.45) is 2.76. The Bertz CT molecular complexity index is 219. The lowest BCUT2D eigenvalue weighted by Crippen LogP contribution is -2.43. The highest BCUT2D eigenvalue weighted by molar-refractivity contribution is 5.81. The maximum absolute atomic E-state index is 11.6. The minimum atomic E-state index is -0.222. The first-order valence-electron chi connectivity index (χ1n) is 5.64. The Morgan fingerprint density at radius 1 is 1.53 bits per heavy atom. The molecule has 1 rings (SSSR count). The van der Waals surface area contributed by atoms with Crippen LogP contribution < -0.4 is 5.32 Å². The van der Waals surface area contributed by atoms with Crippen LogP contribution >= 0.6 is 0 Å². The maximum Gasteiger partial charge on any atom is 0.237 e. The molecule has 0 spiro atoms. The monoisotopic (exact) mass is 214 g/mol. The van der Waals surface area contributed by atoms with Crippen LogP contribution in [0.3, 0.4) is 0 Å². The van der Waals surface area contributed by atoms with Gasteiger partial charge in [-0.3, -0.25) is 9.69 Å². The van der Waals surface area contributed by atoms with E-state index < -0.39 is 0 Å². The van der Waals surface area contributed by atoms with Gasteiger partial charge in [0.2, 0.25) is 5.91 Å². The average molecular weight is 214 g/mol. The molecule has 3 atom stereocenters. The summed E-state index contributed by atoms with van der Waals surface area (Å²) in [7, 11) is 3.77. The van der Waals surface area contributed by atoms with Gasteiger partial charge in [-0.05, 0) is 33.9 Å². The van der Waals surface area contributed by atoms with Gasteiger partial charge in [0.1, 0.15) is 0 Å². The number of hydrogen-bond donors (Lipinski definition) is 2. The Labute approximate surface area is 91.6 Å². The van der Waals surface area contributed by atoms with E-state index in [4.69, 9.17) is 0 Å². The molecule has 1 aliphatic rings. The molecule has 0 aromatic heterocycles. The fourth-order valence-electron chi connectivity index (χ4n) is 1.87. The van der Waals surface area contributed by atoms with Gasteiger partial charge in [0.15, 0.2) is 0 Å². The molecule has 1 amide bonds. The molecular formula is C11H22N2O2. The first-order valence-corrected chi connectivity index (χ1v) is 5.64. The summed E-state index contributed by atoms with van der Waals surface area (Å²) in [5, 5.41) is 12.5. The fraction of sp³-hybridized carbons (Fsp3) is 0.909. The van der Waals surface area contributed by atoms with Crippen LogP contribution in [0.4, 0.5) is 0 Å². The van der Waals surface area contributed by atoms with Gasteiger partial charge in [0.25, 0.3) is 0 Å². The molecule has 0 bridgehead atoms. The predicted molar refractivity (Wildman–Crippen MR) is 59.5 cm³/mol. The topological polar surface area (TPSA) is 52.6 Å². The number of likely N-dealkylation sites (N-methyl/N-ethyl adjacent to an activating group) is 1. The minimum Gasteiger partial charge on any atom is -0.393 e. The molecule has 1 fully saturated rings. The summed E-state index contributed by atoms with van der Waals surface area (Å²) in [6, 6.07) is -0.108. The van der Waals surface area contributed by atoms with Gasteiger partial charge >= 0.3 is 0 Å². The van der Waals surface area contributed by atoms with Crippen LogP contribution in [-0.4, -0.2) is 48.7 Å². The van der Waals surface area contributed by atoms with Gasteiger partial charge in [-0.25, -0.2) is 0 Å². The summed E-state index contributed by atoms with van der Waals surface area (Å²) in [6.45, 7) is 2.48. The summed E-state index contributed by atoms with van der Waals surface area (Å²) in [5.41, 5.74) is 0. The molecule has 2 N–H and O–H groups in total. The van der Waals surface area contributed by atoms with E-state index in [0.717, 1.165) is 19.3 Å². The number of carbonyl (C=O) groups is 1. The molecule has 0 aromatic carbocycles. The lowest BCUT2D eigenvalue weighted by molar-refractivity contribution is -0.125. The zero-order chi connectivity index (χ0) is 11.4. The van der Waals surface area contributed by atoms with Gasteiger partial charge in [-0.2, -0.15) is 0 Å². The van der Waals surface area contributed by atoms with Crippen molar-refractivity contribution < 1.29 is 9.90 Å². The van der Waals surface area contributed by atoms with E-state index in [0.29, 0.717) is 6.54 Å². The number of nitrogens with one attached hydrogen (secondary N) is 1. The van der Waals surface area contributed by atoms with Gasteiger partial charge in [0, 0.05) is 12.5 Å². The second-order valence-electron chi connectivity index (χ2n) is 4.64. The van der Waals surface area contributed by atoms with Crippen LogP contribution in [0, 0.1) is 5.92 Å². The molecule has 0 aromatic rings. The maximum atomic E-state index is 11.6. The third-order valence-electron chi connectivity index (χ3n) is 3.31. The number of aliphatic hydroxyl groups is 1. The molecule has 1 saturated carbocycles. The standard InChI is InChI=1S/C11H22N2O2/c1-8(13(2)3)11(15)12-7-9-5-4-6-10(9)14/h8-10,14H,4-7H2,1-3H3,(H,12,15)/t8-,9?,10?/m0/s1. The van der Waals surface area contributed by atoms with Crippen LogP contribution in [0.2, 0.25) is 0 Å². The number of rotatable bonds is 4. The molecule has 4 heteroatoms. The molecule has 1 aliphatic carbocycles. The first-order chi connectivity index (χ1) is 7.02. The van der Waals surface area contributed by atoms with Crippen LogP contribution in [0.25, 0.3) is 0 Å². The van der Waals surface area contributed by atoms with Crippen LogP contribution in [0.1, 0.15) is 26.2 Å². The second kappa shape index (κ2) is 5.47. The second-order valence-corrected chi connectivity index (χ2v) is 4.64. The Hall–Kier alpha value is -0.610. The highest BCUT2D eigenvalue weighted by atomic mass is 16.3. The van der Waals surface area contributed by atoms with Crippen LogP contribution in [0.5, 0.6) is 0 Å². The molecular weight excluding hydrogens is 192 g/mol. The van der Waals surface area contributed by atoms with Crippen molar-refractivity contribution in [3.8, 4) is 0 Å². The van der Waals surface area contributed by atoms with Crippen molar-refractivity contribution in [3.05, 3.63) is 0 Å². The van der Waals surface area contributed by atoms with E-state index in [1.54, 1.807) is 0 Å². The van der Waals surface area contributed by atoms with Crippen molar-refractivity contribution in [2.24, 2.45) is 5.92 Å². The van der Waals surface area contributed by atoms with Gasteiger partial charge in [-0.15, -0.1) is 0 Å². The summed E-state index contributed by atoms with van der Waals surface area (Å²) in [5.74, 6) is 0.294. The van der Waals surface area contributed by atoms with Crippen molar-refractivity contribution in [1.29, 1.82) is 0 Å². The largest absolute Gasteiger partial charge is 0.393 e. The van der Waals surface area contributed by atoms with Crippen LogP contribution in [-0.2, 0) is 4.79 Å². The molecule has 15 heavy (non-hydrogen) atoms. The zero-order valence-electron chi connectivity index (χ0n) is 9.86. The molecule has 0 saturated heterocycles. The van der Waals surface area contributed by atoms with Crippen molar-refractivity contribution in [2.45, 2.75) is 38.3 Å². The molecule has 0 aliphatic heterocycles. The smallest absolute Gasteiger partial charge is 0.237 e. The van der Waals surface area contributed by atoms with Crippen molar-refractivity contribution in [2.75, 3.05) is 20.6 Å². The van der Waals surface area contributed by atoms with E-state index in [2.05, 4.69) is 5.32 Å². The Kier molecular flexibility index (Phi) is 4.54. The summed E-state index contributed by atoms with van der Waals surface area (Å²) in [4.78, 5) is 13.5. The summed E-state index contributed by atoms with van der Waals surface area (Å²) >= 11 is 0. The van der Waals surface area contributed by atoms with E-state index in [-0.39, 0.29) is 24.0 Å². The Balaban J connectivity index is 2.27. The number of aliphatic hydroxyl groups excluding tert-OH is 1. The van der Waals surface area contributed by atoms with E-state index >= 15 is 0 Å². The van der Waals surface area contributed by atoms with Crippen LogP contribution in [0.15, 0.2) is 0 Å².